The van der Waals surface area contributed by atoms with Crippen molar-refractivity contribution in [2.45, 2.75) is 19.3 Å². The van der Waals surface area contributed by atoms with E-state index in [0.717, 1.165) is 32.5 Å². The van der Waals surface area contributed by atoms with Crippen LogP contribution in [-0.2, 0) is 0 Å². The van der Waals surface area contributed by atoms with Crippen molar-refractivity contribution >= 4 is 5.84 Å². The van der Waals surface area contributed by atoms with Crippen LogP contribution >= 0.6 is 0 Å². The number of hydrogen-bond acceptors (Lipinski definition) is 2. The van der Waals surface area contributed by atoms with Gasteiger partial charge in [-0.1, -0.05) is 12.2 Å². The molecule has 0 saturated carbocycles. The Bertz CT molecular complexity index is 206. The molecule has 2 heteroatoms. The van der Waals surface area contributed by atoms with Crippen LogP contribution in [0.25, 0.3) is 0 Å². The van der Waals surface area contributed by atoms with Gasteiger partial charge in [0.2, 0.25) is 0 Å². The summed E-state index contributed by atoms with van der Waals surface area (Å²) in [6.45, 7) is 10.6. The Hall–Kier alpha value is -1.05. The Balaban J connectivity index is 2.28. The molecule has 0 atom stereocenters. The smallest absolute Gasteiger partial charge is 0.103 e. The van der Waals surface area contributed by atoms with Crippen LogP contribution in [0, 0.1) is 0 Å². The molecule has 0 spiro atoms. The quantitative estimate of drug-likeness (QED) is 0.450. The molecular weight excluding hydrogens is 160 g/mol. The minimum absolute atomic E-state index is 0.911. The molecule has 0 aromatic rings. The van der Waals surface area contributed by atoms with Crippen LogP contribution in [0.4, 0.5) is 0 Å². The van der Waals surface area contributed by atoms with Crippen molar-refractivity contribution in [2.24, 2.45) is 4.99 Å². The van der Waals surface area contributed by atoms with Crippen molar-refractivity contribution in [2.75, 3.05) is 19.6 Å². The van der Waals surface area contributed by atoms with E-state index in [1.54, 1.807) is 0 Å². The van der Waals surface area contributed by atoms with Crippen LogP contribution < -0.4 is 0 Å². The molecule has 0 fully saturated rings. The normalized spacial score (nSPS) is 15.7. The maximum Gasteiger partial charge on any atom is 0.103 e. The molecule has 0 radical (unpaired) electrons. The average Bonchev–Trinajstić information content (AvgIpc) is 2.54. The van der Waals surface area contributed by atoms with Crippen molar-refractivity contribution in [1.82, 2.24) is 4.90 Å². The highest BCUT2D eigenvalue weighted by Gasteiger charge is 2.13. The minimum atomic E-state index is 0.911. The fourth-order valence-corrected chi connectivity index (χ4v) is 1.52. The van der Waals surface area contributed by atoms with Crippen molar-refractivity contribution in [3.8, 4) is 0 Å². The third-order valence-electron chi connectivity index (χ3n) is 2.19. The number of hydrogen-bond donors (Lipinski definition) is 0. The van der Waals surface area contributed by atoms with Crippen molar-refractivity contribution < 1.29 is 0 Å². The molecule has 0 saturated heterocycles. The van der Waals surface area contributed by atoms with E-state index >= 15 is 0 Å². The maximum atomic E-state index is 4.43. The van der Waals surface area contributed by atoms with E-state index in [-0.39, 0.29) is 0 Å². The third-order valence-corrected chi connectivity index (χ3v) is 2.19. The van der Waals surface area contributed by atoms with Crippen LogP contribution in [0.2, 0.25) is 0 Å². The molecular formula is C11H18N2. The van der Waals surface area contributed by atoms with Gasteiger partial charge in [-0.05, 0) is 12.8 Å². The van der Waals surface area contributed by atoms with Gasteiger partial charge < -0.3 is 4.90 Å². The number of allylic oxidation sites excluding steroid dienone is 1. The second kappa shape index (κ2) is 5.57. The van der Waals surface area contributed by atoms with Crippen LogP contribution in [-0.4, -0.2) is 30.4 Å². The number of amidine groups is 1. The Kier molecular flexibility index (Phi) is 4.30. The number of unbranched alkanes of at least 4 members (excludes halogenated alkanes) is 1. The van der Waals surface area contributed by atoms with Gasteiger partial charge in [-0.25, -0.2) is 0 Å². The molecule has 0 unspecified atom stereocenters. The van der Waals surface area contributed by atoms with Gasteiger partial charge in [0.1, 0.15) is 5.84 Å². The number of aliphatic imine (C=N–C) groups is 1. The predicted molar refractivity (Wildman–Crippen MR) is 58.1 cm³/mol. The molecule has 1 heterocycles. The highest BCUT2D eigenvalue weighted by atomic mass is 15.2. The van der Waals surface area contributed by atoms with Gasteiger partial charge in [-0.3, -0.25) is 4.99 Å². The topological polar surface area (TPSA) is 15.6 Å². The summed E-state index contributed by atoms with van der Waals surface area (Å²) in [5.74, 6) is 1.21. The van der Waals surface area contributed by atoms with Crippen molar-refractivity contribution in [3.05, 3.63) is 25.3 Å². The summed E-state index contributed by atoms with van der Waals surface area (Å²) in [7, 11) is 0. The highest BCUT2D eigenvalue weighted by molar-refractivity contribution is 5.84. The lowest BCUT2D eigenvalue weighted by Gasteiger charge is -2.18. The summed E-state index contributed by atoms with van der Waals surface area (Å²) in [6, 6.07) is 0. The van der Waals surface area contributed by atoms with E-state index in [2.05, 4.69) is 23.1 Å². The molecule has 2 nitrogen and oxygen atoms in total. The maximum absolute atomic E-state index is 4.43. The molecule has 0 N–H and O–H groups in total. The Morgan fingerprint density at radius 3 is 2.92 bits per heavy atom. The van der Waals surface area contributed by atoms with E-state index in [0.29, 0.717) is 0 Å². The first-order valence-electron chi connectivity index (χ1n) is 4.88. The predicted octanol–water partition coefficient (Wildman–Crippen LogP) is 2.24. The molecule has 13 heavy (non-hydrogen) atoms. The molecule has 1 rings (SSSR count). The Morgan fingerprint density at radius 1 is 1.38 bits per heavy atom. The lowest BCUT2D eigenvalue weighted by atomic mass is 10.2. The summed E-state index contributed by atoms with van der Waals surface area (Å²) < 4.78 is 0. The van der Waals surface area contributed by atoms with Crippen LogP contribution in [0.3, 0.4) is 0 Å². The Labute approximate surface area is 80.7 Å². The zero-order valence-electron chi connectivity index (χ0n) is 8.21. The lowest BCUT2D eigenvalue weighted by molar-refractivity contribution is 0.443. The summed E-state index contributed by atoms with van der Waals surface area (Å²) in [6.07, 6.45) is 7.08. The molecule has 0 aromatic carbocycles. The zero-order chi connectivity index (χ0) is 9.52. The van der Waals surface area contributed by atoms with Crippen LogP contribution in [0.1, 0.15) is 19.3 Å². The van der Waals surface area contributed by atoms with E-state index in [9.17, 15) is 0 Å². The van der Waals surface area contributed by atoms with Crippen LogP contribution in [0.15, 0.2) is 30.3 Å². The standard InChI is InChI=1S/C11H18N2/c1-3-5-6-9-13-10-8-12-11(13)7-4-2/h3-4H,1-2,5-10H2. The summed E-state index contributed by atoms with van der Waals surface area (Å²) in [5.41, 5.74) is 0. The van der Waals surface area contributed by atoms with Crippen LogP contribution in [0.5, 0.6) is 0 Å². The highest BCUT2D eigenvalue weighted by Crippen LogP contribution is 2.07. The van der Waals surface area contributed by atoms with Gasteiger partial charge in [0.05, 0.1) is 6.54 Å². The number of rotatable bonds is 6. The molecule has 0 amide bonds. The fraction of sp³-hybridized carbons (Fsp3) is 0.545. The van der Waals surface area contributed by atoms with E-state index in [1.165, 1.54) is 12.3 Å². The molecule has 1 aliphatic rings. The van der Waals surface area contributed by atoms with Gasteiger partial charge in [0.15, 0.2) is 0 Å². The van der Waals surface area contributed by atoms with Gasteiger partial charge in [-0.2, -0.15) is 0 Å². The van der Waals surface area contributed by atoms with Crippen molar-refractivity contribution in [1.29, 1.82) is 0 Å². The van der Waals surface area contributed by atoms with Gasteiger partial charge in [-0.15, -0.1) is 13.2 Å². The largest absolute Gasteiger partial charge is 0.358 e. The first-order valence-corrected chi connectivity index (χ1v) is 4.88. The van der Waals surface area contributed by atoms with Gasteiger partial charge in [0, 0.05) is 19.5 Å². The molecule has 0 aromatic heterocycles. The summed E-state index contributed by atoms with van der Waals surface area (Å²) >= 11 is 0. The number of nitrogens with zero attached hydrogens (tertiary/aromatic N) is 2. The van der Waals surface area contributed by atoms with E-state index in [4.69, 9.17) is 0 Å². The summed E-state index contributed by atoms with van der Waals surface area (Å²) in [4.78, 5) is 6.78. The third kappa shape index (κ3) is 3.05. The molecule has 72 valence electrons. The first-order chi connectivity index (χ1) is 6.38. The molecule has 0 aliphatic carbocycles. The van der Waals surface area contributed by atoms with Crippen molar-refractivity contribution in [3.63, 3.8) is 0 Å². The second-order valence-corrected chi connectivity index (χ2v) is 3.21. The summed E-state index contributed by atoms with van der Waals surface area (Å²) in [5, 5.41) is 0. The SMILES string of the molecule is C=CCCCN1CCN=C1CC=C. The monoisotopic (exact) mass is 178 g/mol. The second-order valence-electron chi connectivity index (χ2n) is 3.21. The lowest BCUT2D eigenvalue weighted by Crippen LogP contribution is -2.28. The fourth-order valence-electron chi connectivity index (χ4n) is 1.52. The van der Waals surface area contributed by atoms with E-state index < -0.39 is 0 Å². The zero-order valence-corrected chi connectivity index (χ0v) is 8.21. The minimum Gasteiger partial charge on any atom is -0.358 e. The first kappa shape index (κ1) is 10.0. The molecule has 1 aliphatic heterocycles. The van der Waals surface area contributed by atoms with Gasteiger partial charge >= 0.3 is 0 Å². The van der Waals surface area contributed by atoms with Gasteiger partial charge in [0.25, 0.3) is 0 Å². The van der Waals surface area contributed by atoms with E-state index in [1.807, 2.05) is 12.2 Å². The Morgan fingerprint density at radius 2 is 2.23 bits per heavy atom. The average molecular weight is 178 g/mol. The molecule has 0 bridgehead atoms.